The molecule has 2 heterocycles. The Hall–Kier alpha value is -2.51. The van der Waals surface area contributed by atoms with Gasteiger partial charge in [0.05, 0.1) is 11.3 Å². The van der Waals surface area contributed by atoms with Crippen LogP contribution in [-0.4, -0.2) is 44.2 Å². The Morgan fingerprint density at radius 1 is 1.28 bits per heavy atom. The van der Waals surface area contributed by atoms with E-state index in [1.807, 2.05) is 24.5 Å². The minimum absolute atomic E-state index is 0.205. The molecule has 0 radical (unpaired) electrons. The van der Waals surface area contributed by atoms with Crippen LogP contribution in [0.25, 0.3) is 11.8 Å². The number of hydrogen-bond acceptors (Lipinski definition) is 4. The lowest BCUT2D eigenvalue weighted by atomic mass is 10.1. The summed E-state index contributed by atoms with van der Waals surface area (Å²) in [4.78, 5) is 25.0. The molecule has 2 aromatic rings. The van der Waals surface area contributed by atoms with E-state index in [0.717, 1.165) is 28.7 Å². The summed E-state index contributed by atoms with van der Waals surface area (Å²) < 4.78 is 1.87. The predicted octanol–water partition coefficient (Wildman–Crippen LogP) is 3.25. The summed E-state index contributed by atoms with van der Waals surface area (Å²) in [5.41, 5.74) is 3.35. The van der Waals surface area contributed by atoms with Crippen LogP contribution in [0, 0.1) is 13.8 Å². The number of nitrogens with zero attached hydrogens (tertiary/aromatic N) is 2. The molecule has 1 aromatic carbocycles. The Bertz CT molecular complexity index is 900. The zero-order chi connectivity index (χ0) is 18.3. The summed E-state index contributed by atoms with van der Waals surface area (Å²) in [6, 6.07) is 8.73. The third-order valence-electron chi connectivity index (χ3n) is 4.26. The van der Waals surface area contributed by atoms with Crippen LogP contribution in [0.5, 0.6) is 0 Å². The number of carboxylic acid groups (broad SMARTS) is 1. The Morgan fingerprint density at radius 2 is 1.96 bits per heavy atom. The van der Waals surface area contributed by atoms with Crippen LogP contribution in [-0.2, 0) is 0 Å². The minimum atomic E-state index is -0.989. The SMILES string of the molecule is Cc1cc(C=C2SC(=O)N(C)C2O)c(C)n1-c1ccccc1C(=O)O. The third kappa shape index (κ3) is 2.96. The van der Waals surface area contributed by atoms with E-state index in [1.54, 1.807) is 37.4 Å². The van der Waals surface area contributed by atoms with Gasteiger partial charge in [-0.2, -0.15) is 0 Å². The molecule has 7 heteroatoms. The number of rotatable bonds is 3. The Morgan fingerprint density at radius 3 is 2.56 bits per heavy atom. The van der Waals surface area contributed by atoms with Crippen molar-refractivity contribution in [1.29, 1.82) is 0 Å². The smallest absolute Gasteiger partial charge is 0.337 e. The zero-order valence-corrected chi connectivity index (χ0v) is 14.9. The number of carboxylic acids is 1. The lowest BCUT2D eigenvalue weighted by Crippen LogP contribution is -2.27. The topological polar surface area (TPSA) is 82.8 Å². The van der Waals surface area contributed by atoms with Gasteiger partial charge < -0.3 is 19.7 Å². The van der Waals surface area contributed by atoms with E-state index in [4.69, 9.17) is 0 Å². The summed E-state index contributed by atoms with van der Waals surface area (Å²) in [6.45, 7) is 3.78. The first-order chi connectivity index (χ1) is 11.8. The second kappa shape index (κ2) is 6.42. The highest BCUT2D eigenvalue weighted by Gasteiger charge is 2.32. The number of aliphatic hydroxyl groups excluding tert-OH is 1. The van der Waals surface area contributed by atoms with Gasteiger partial charge in [0.2, 0.25) is 0 Å². The number of para-hydroxylation sites is 1. The van der Waals surface area contributed by atoms with Crippen LogP contribution in [0.1, 0.15) is 27.3 Å². The minimum Gasteiger partial charge on any atom is -0.478 e. The highest BCUT2D eigenvalue weighted by Crippen LogP contribution is 2.35. The van der Waals surface area contributed by atoms with Crippen LogP contribution in [0.3, 0.4) is 0 Å². The van der Waals surface area contributed by atoms with Gasteiger partial charge in [0.15, 0.2) is 6.23 Å². The normalized spacial score (nSPS) is 19.0. The van der Waals surface area contributed by atoms with Crippen LogP contribution in [0.2, 0.25) is 0 Å². The molecule has 1 fully saturated rings. The lowest BCUT2D eigenvalue weighted by Gasteiger charge is -2.13. The Balaban J connectivity index is 2.10. The molecule has 0 bridgehead atoms. The lowest BCUT2D eigenvalue weighted by molar-refractivity contribution is 0.0696. The molecule has 25 heavy (non-hydrogen) atoms. The first-order valence-electron chi connectivity index (χ1n) is 7.67. The molecule has 130 valence electrons. The fourth-order valence-electron chi connectivity index (χ4n) is 2.93. The van der Waals surface area contributed by atoms with E-state index in [2.05, 4.69) is 0 Å². The average molecular weight is 358 g/mol. The first-order valence-corrected chi connectivity index (χ1v) is 8.49. The quantitative estimate of drug-likeness (QED) is 0.880. The van der Waals surface area contributed by atoms with Gasteiger partial charge in [0.25, 0.3) is 5.24 Å². The molecule has 1 aliphatic rings. The van der Waals surface area contributed by atoms with E-state index < -0.39 is 12.2 Å². The van der Waals surface area contributed by atoms with Crippen molar-refractivity contribution >= 4 is 29.0 Å². The van der Waals surface area contributed by atoms with Crippen molar-refractivity contribution in [3.63, 3.8) is 0 Å². The number of aryl methyl sites for hydroxylation is 1. The summed E-state index contributed by atoms with van der Waals surface area (Å²) in [5.74, 6) is -0.989. The fraction of sp³-hybridized carbons (Fsp3) is 0.222. The highest BCUT2D eigenvalue weighted by atomic mass is 32.2. The van der Waals surface area contributed by atoms with Crippen LogP contribution < -0.4 is 0 Å². The van der Waals surface area contributed by atoms with Crippen molar-refractivity contribution in [2.45, 2.75) is 20.1 Å². The first kappa shape index (κ1) is 17.3. The number of carbonyl (C=O) groups excluding carboxylic acids is 1. The summed E-state index contributed by atoms with van der Waals surface area (Å²) in [5, 5.41) is 19.4. The van der Waals surface area contributed by atoms with Crippen molar-refractivity contribution in [3.05, 3.63) is 57.8 Å². The zero-order valence-electron chi connectivity index (χ0n) is 14.1. The molecule has 1 atom stereocenters. The molecular formula is C18H18N2O4S. The van der Waals surface area contributed by atoms with Crippen molar-refractivity contribution in [1.82, 2.24) is 9.47 Å². The average Bonchev–Trinajstić information content (AvgIpc) is 2.98. The third-order valence-corrected chi connectivity index (χ3v) is 5.28. The van der Waals surface area contributed by atoms with E-state index in [1.165, 1.54) is 4.90 Å². The second-order valence-corrected chi connectivity index (χ2v) is 6.91. The molecule has 0 saturated carbocycles. The molecule has 3 rings (SSSR count). The van der Waals surface area contributed by atoms with Gasteiger partial charge in [0, 0.05) is 23.3 Å². The molecule has 1 saturated heterocycles. The molecule has 1 amide bonds. The van der Waals surface area contributed by atoms with Gasteiger partial charge in [-0.15, -0.1) is 0 Å². The number of aromatic carboxylic acids is 1. The molecular weight excluding hydrogens is 340 g/mol. The standard InChI is InChI=1S/C18H18N2O4S/c1-10-8-12(9-15-16(21)19(3)18(24)25-15)11(2)20(10)14-7-5-4-6-13(14)17(22)23/h4-9,16,21H,1-3H3,(H,22,23). The molecule has 2 N–H and O–H groups in total. The van der Waals surface area contributed by atoms with E-state index in [9.17, 15) is 19.8 Å². The van der Waals surface area contributed by atoms with Crippen molar-refractivity contribution in [2.24, 2.45) is 0 Å². The van der Waals surface area contributed by atoms with Gasteiger partial charge in [-0.05, 0) is 55.4 Å². The summed E-state index contributed by atoms with van der Waals surface area (Å²) >= 11 is 0.999. The molecule has 1 aliphatic heterocycles. The number of amides is 1. The van der Waals surface area contributed by atoms with Gasteiger partial charge in [-0.3, -0.25) is 4.79 Å². The number of thioether (sulfide) groups is 1. The van der Waals surface area contributed by atoms with E-state index >= 15 is 0 Å². The molecule has 0 aliphatic carbocycles. The van der Waals surface area contributed by atoms with Crippen LogP contribution in [0.15, 0.2) is 35.2 Å². The van der Waals surface area contributed by atoms with Crippen molar-refractivity contribution in [2.75, 3.05) is 7.05 Å². The van der Waals surface area contributed by atoms with Gasteiger partial charge in [-0.25, -0.2) is 4.79 Å². The van der Waals surface area contributed by atoms with E-state index in [-0.39, 0.29) is 10.8 Å². The number of hydrogen-bond donors (Lipinski definition) is 2. The molecule has 6 nitrogen and oxygen atoms in total. The summed E-state index contributed by atoms with van der Waals surface area (Å²) in [6.07, 6.45) is 0.825. The second-order valence-electron chi connectivity index (χ2n) is 5.88. The molecule has 1 aromatic heterocycles. The van der Waals surface area contributed by atoms with Crippen molar-refractivity contribution in [3.8, 4) is 5.69 Å². The van der Waals surface area contributed by atoms with Crippen molar-refractivity contribution < 1.29 is 19.8 Å². The number of carbonyl (C=O) groups is 2. The maximum Gasteiger partial charge on any atom is 0.337 e. The number of aliphatic hydroxyl groups is 1. The van der Waals surface area contributed by atoms with Gasteiger partial charge >= 0.3 is 5.97 Å². The number of aromatic nitrogens is 1. The fourth-order valence-corrected chi connectivity index (χ4v) is 3.82. The van der Waals surface area contributed by atoms with Gasteiger partial charge in [-0.1, -0.05) is 12.1 Å². The number of likely N-dealkylation sites (N-methyl/N-ethyl adjacent to an activating group) is 1. The monoisotopic (exact) mass is 358 g/mol. The summed E-state index contributed by atoms with van der Waals surface area (Å²) in [7, 11) is 1.55. The number of benzene rings is 1. The highest BCUT2D eigenvalue weighted by molar-refractivity contribution is 8.17. The molecule has 1 unspecified atom stereocenters. The largest absolute Gasteiger partial charge is 0.478 e. The maximum absolute atomic E-state index is 11.7. The Kier molecular flexibility index (Phi) is 4.45. The maximum atomic E-state index is 11.7. The van der Waals surface area contributed by atoms with Crippen LogP contribution in [0.4, 0.5) is 4.79 Å². The van der Waals surface area contributed by atoms with E-state index in [0.29, 0.717) is 10.6 Å². The van der Waals surface area contributed by atoms with Crippen LogP contribution >= 0.6 is 11.8 Å². The van der Waals surface area contributed by atoms with Gasteiger partial charge in [0.1, 0.15) is 0 Å². The predicted molar refractivity (Wildman–Crippen MR) is 96.9 cm³/mol. The Labute approximate surface area is 149 Å². The molecule has 0 spiro atoms.